The Bertz CT molecular complexity index is 1210. The molecule has 3 aromatic rings. The van der Waals surface area contributed by atoms with Crippen LogP contribution in [0.2, 0.25) is 0 Å². The van der Waals surface area contributed by atoms with Crippen molar-refractivity contribution in [3.63, 3.8) is 0 Å². The van der Waals surface area contributed by atoms with Crippen LogP contribution in [0.25, 0.3) is 0 Å². The molecular formula is C27H26N2O3. The molecule has 5 nitrogen and oxygen atoms in total. The number of amides is 1. The van der Waals surface area contributed by atoms with Gasteiger partial charge in [-0.25, -0.2) is 4.99 Å². The van der Waals surface area contributed by atoms with Gasteiger partial charge >= 0.3 is 0 Å². The van der Waals surface area contributed by atoms with Gasteiger partial charge in [0.05, 0.1) is 18.5 Å². The van der Waals surface area contributed by atoms with Crippen LogP contribution in [0.1, 0.15) is 44.2 Å². The molecule has 5 heteroatoms. The van der Waals surface area contributed by atoms with Crippen LogP contribution in [0.5, 0.6) is 17.2 Å². The van der Waals surface area contributed by atoms with E-state index in [1.54, 1.807) is 7.11 Å². The van der Waals surface area contributed by atoms with Gasteiger partial charge in [0.2, 0.25) is 0 Å². The van der Waals surface area contributed by atoms with E-state index in [-0.39, 0.29) is 11.4 Å². The topological polar surface area (TPSA) is 51.1 Å². The van der Waals surface area contributed by atoms with Gasteiger partial charge < -0.3 is 14.4 Å². The zero-order valence-corrected chi connectivity index (χ0v) is 18.8. The molecule has 0 saturated carbocycles. The van der Waals surface area contributed by atoms with Crippen molar-refractivity contribution in [3.8, 4) is 17.2 Å². The van der Waals surface area contributed by atoms with Gasteiger partial charge in [0.15, 0.2) is 0 Å². The number of aliphatic imine (C=N–C) groups is 1. The van der Waals surface area contributed by atoms with Gasteiger partial charge in [0.1, 0.15) is 23.0 Å². The van der Waals surface area contributed by atoms with Crippen LogP contribution in [-0.2, 0) is 4.79 Å². The fourth-order valence-electron chi connectivity index (χ4n) is 4.85. The summed E-state index contributed by atoms with van der Waals surface area (Å²) >= 11 is 0. The number of methoxy groups -OCH3 is 1. The Balaban J connectivity index is 1.54. The maximum Gasteiger partial charge on any atom is 0.278 e. The van der Waals surface area contributed by atoms with Crippen LogP contribution in [0.4, 0.5) is 11.4 Å². The third-order valence-corrected chi connectivity index (χ3v) is 6.23. The first-order chi connectivity index (χ1) is 15.4. The molecule has 32 heavy (non-hydrogen) atoms. The molecule has 0 fully saturated rings. The average molecular weight is 427 g/mol. The molecule has 0 spiro atoms. The lowest BCUT2D eigenvalue weighted by Gasteiger charge is -2.43. The number of benzene rings is 3. The van der Waals surface area contributed by atoms with Gasteiger partial charge in [0.25, 0.3) is 5.91 Å². The van der Waals surface area contributed by atoms with Crippen LogP contribution in [0, 0.1) is 0 Å². The highest BCUT2D eigenvalue weighted by molar-refractivity contribution is 6.55. The number of ether oxygens (including phenoxy) is 2. The van der Waals surface area contributed by atoms with Crippen molar-refractivity contribution in [1.82, 2.24) is 0 Å². The van der Waals surface area contributed by atoms with E-state index in [0.717, 1.165) is 40.5 Å². The van der Waals surface area contributed by atoms with Crippen molar-refractivity contribution in [3.05, 3.63) is 77.9 Å². The molecule has 2 heterocycles. The smallest absolute Gasteiger partial charge is 0.278 e. The van der Waals surface area contributed by atoms with E-state index in [1.807, 2.05) is 65.6 Å². The second-order valence-corrected chi connectivity index (χ2v) is 9.04. The zero-order valence-electron chi connectivity index (χ0n) is 18.8. The van der Waals surface area contributed by atoms with E-state index in [9.17, 15) is 4.79 Å². The Kier molecular flexibility index (Phi) is 4.77. The Morgan fingerprint density at radius 2 is 1.66 bits per heavy atom. The molecular weight excluding hydrogens is 400 g/mol. The monoisotopic (exact) mass is 426 g/mol. The van der Waals surface area contributed by atoms with Crippen molar-refractivity contribution in [2.45, 2.75) is 38.6 Å². The molecule has 2 aliphatic heterocycles. The molecule has 1 atom stereocenters. The van der Waals surface area contributed by atoms with E-state index in [1.165, 1.54) is 0 Å². The highest BCUT2D eigenvalue weighted by Crippen LogP contribution is 2.50. The fourth-order valence-corrected chi connectivity index (χ4v) is 4.85. The highest BCUT2D eigenvalue weighted by atomic mass is 16.5. The summed E-state index contributed by atoms with van der Waals surface area (Å²) in [7, 11) is 1.66. The number of para-hydroxylation sites is 1. The summed E-state index contributed by atoms with van der Waals surface area (Å²) in [6, 6.07) is 21.1. The third kappa shape index (κ3) is 3.34. The van der Waals surface area contributed by atoms with Crippen molar-refractivity contribution in [2.24, 2.45) is 4.99 Å². The summed E-state index contributed by atoms with van der Waals surface area (Å²) in [6.07, 6.45) is 0.886. The lowest BCUT2D eigenvalue weighted by atomic mass is 9.80. The third-order valence-electron chi connectivity index (χ3n) is 6.23. The summed E-state index contributed by atoms with van der Waals surface area (Å²) in [5.41, 5.74) is 3.84. The predicted molar refractivity (Wildman–Crippen MR) is 127 cm³/mol. The predicted octanol–water partition coefficient (Wildman–Crippen LogP) is 6.24. The van der Waals surface area contributed by atoms with Crippen molar-refractivity contribution >= 4 is 23.0 Å². The molecule has 3 aromatic carbocycles. The van der Waals surface area contributed by atoms with Gasteiger partial charge in [-0.05, 0) is 80.3 Å². The molecule has 0 radical (unpaired) electrons. The van der Waals surface area contributed by atoms with E-state index < -0.39 is 0 Å². The van der Waals surface area contributed by atoms with E-state index in [4.69, 9.17) is 14.5 Å². The molecule has 0 bridgehead atoms. The molecule has 5 rings (SSSR count). The van der Waals surface area contributed by atoms with Gasteiger partial charge in [-0.15, -0.1) is 0 Å². The number of hydrogen-bond acceptors (Lipinski definition) is 4. The SMILES string of the molecule is COc1cc2c3c(c1)[C@@H](C)CC(C)(C)N3C(=O)C2=Nc1ccc(Oc2ccccc2)cc1. The van der Waals surface area contributed by atoms with Crippen LogP contribution in [0.3, 0.4) is 0 Å². The Morgan fingerprint density at radius 1 is 0.969 bits per heavy atom. The quantitative estimate of drug-likeness (QED) is 0.496. The van der Waals surface area contributed by atoms with Gasteiger partial charge in [0, 0.05) is 11.1 Å². The Morgan fingerprint density at radius 3 is 2.34 bits per heavy atom. The number of carbonyl (C=O) groups excluding carboxylic acids is 1. The van der Waals surface area contributed by atoms with E-state index in [2.05, 4.69) is 26.8 Å². The summed E-state index contributed by atoms with van der Waals surface area (Å²) < 4.78 is 11.4. The van der Waals surface area contributed by atoms with Gasteiger partial charge in [-0.2, -0.15) is 0 Å². The zero-order chi connectivity index (χ0) is 22.5. The summed E-state index contributed by atoms with van der Waals surface area (Å²) in [6.45, 7) is 6.45. The normalized spacial score (nSPS) is 19.8. The van der Waals surface area contributed by atoms with Crippen LogP contribution in [-0.4, -0.2) is 24.3 Å². The minimum atomic E-state index is -0.280. The largest absolute Gasteiger partial charge is 0.497 e. The van der Waals surface area contributed by atoms with Crippen molar-refractivity contribution in [1.29, 1.82) is 0 Å². The lowest BCUT2D eigenvalue weighted by Crippen LogP contribution is -2.50. The standard InChI is InChI=1S/C27H26N2O3/c1-17-16-27(2,3)29-25-22(17)14-21(31-4)15-23(25)24(26(29)30)28-18-10-12-20(13-11-18)32-19-8-6-5-7-9-19/h5-15,17H,16H2,1-4H3/t17-/m0/s1. The first kappa shape index (κ1) is 20.3. The summed E-state index contributed by atoms with van der Waals surface area (Å²) in [5, 5.41) is 0. The second kappa shape index (κ2) is 7.52. The molecule has 0 saturated heterocycles. The minimum absolute atomic E-state index is 0.0592. The van der Waals surface area contributed by atoms with E-state index >= 15 is 0 Å². The first-order valence-corrected chi connectivity index (χ1v) is 10.9. The Hall–Kier alpha value is -3.60. The molecule has 0 unspecified atom stereocenters. The number of anilines is 1. The number of nitrogens with zero attached hydrogens (tertiary/aromatic N) is 2. The Labute approximate surface area is 188 Å². The lowest BCUT2D eigenvalue weighted by molar-refractivity contribution is -0.113. The maximum atomic E-state index is 13.5. The van der Waals surface area contributed by atoms with Crippen LogP contribution in [0.15, 0.2) is 71.7 Å². The molecule has 0 N–H and O–H groups in total. The second-order valence-electron chi connectivity index (χ2n) is 9.04. The average Bonchev–Trinajstić information content (AvgIpc) is 3.06. The number of carbonyl (C=O) groups is 1. The molecule has 0 aromatic heterocycles. The van der Waals surface area contributed by atoms with Gasteiger partial charge in [-0.3, -0.25) is 4.79 Å². The van der Waals surface area contributed by atoms with Crippen LogP contribution >= 0.6 is 0 Å². The number of hydrogen-bond donors (Lipinski definition) is 0. The molecule has 1 amide bonds. The summed E-state index contributed by atoms with van der Waals surface area (Å²) in [5.74, 6) is 2.51. The highest BCUT2D eigenvalue weighted by Gasteiger charge is 2.48. The number of rotatable bonds is 4. The maximum absolute atomic E-state index is 13.5. The molecule has 162 valence electrons. The fraction of sp³-hybridized carbons (Fsp3) is 0.259. The van der Waals surface area contributed by atoms with Gasteiger partial charge in [-0.1, -0.05) is 25.1 Å². The van der Waals surface area contributed by atoms with Crippen molar-refractivity contribution in [2.75, 3.05) is 12.0 Å². The van der Waals surface area contributed by atoms with Crippen molar-refractivity contribution < 1.29 is 14.3 Å². The van der Waals surface area contributed by atoms with Crippen LogP contribution < -0.4 is 14.4 Å². The van der Waals surface area contributed by atoms with E-state index in [0.29, 0.717) is 17.3 Å². The molecule has 0 aliphatic carbocycles. The minimum Gasteiger partial charge on any atom is -0.497 e. The first-order valence-electron chi connectivity index (χ1n) is 10.9. The summed E-state index contributed by atoms with van der Waals surface area (Å²) in [4.78, 5) is 20.2. The molecule has 2 aliphatic rings.